The van der Waals surface area contributed by atoms with Gasteiger partial charge in [-0.3, -0.25) is 9.59 Å². The fourth-order valence-electron chi connectivity index (χ4n) is 3.09. The number of rotatable bonds is 10. The Morgan fingerprint density at radius 3 is 2.13 bits per heavy atom. The van der Waals surface area contributed by atoms with Crippen molar-refractivity contribution in [2.24, 2.45) is 0 Å². The van der Waals surface area contributed by atoms with Crippen LogP contribution in [0.1, 0.15) is 79.3 Å². The van der Waals surface area contributed by atoms with E-state index in [2.05, 4.69) is 17.6 Å². The highest BCUT2D eigenvalue weighted by atomic mass is 16.6. The first-order valence-electron chi connectivity index (χ1n) is 11.0. The van der Waals surface area contributed by atoms with Gasteiger partial charge < -0.3 is 20.3 Å². The highest BCUT2D eigenvalue weighted by Gasteiger charge is 2.39. The van der Waals surface area contributed by atoms with Gasteiger partial charge >= 0.3 is 6.09 Å². The topological polar surface area (TPSA) is 87.7 Å². The molecule has 0 aliphatic carbocycles. The Bertz CT molecular complexity index is 726. The normalized spacial score (nSPS) is 12.6. The summed E-state index contributed by atoms with van der Waals surface area (Å²) in [5.74, 6) is -0.580. The van der Waals surface area contributed by atoms with Crippen LogP contribution in [-0.4, -0.2) is 47.0 Å². The number of benzene rings is 1. The zero-order chi connectivity index (χ0) is 23.7. The van der Waals surface area contributed by atoms with Crippen LogP contribution >= 0.6 is 0 Å². The predicted octanol–water partition coefficient (Wildman–Crippen LogP) is 4.19. The molecule has 7 nitrogen and oxygen atoms in total. The summed E-state index contributed by atoms with van der Waals surface area (Å²) in [7, 11) is 0. The van der Waals surface area contributed by atoms with Gasteiger partial charge in [0.2, 0.25) is 11.8 Å². The second kappa shape index (κ2) is 11.7. The fourth-order valence-corrected chi connectivity index (χ4v) is 3.09. The van der Waals surface area contributed by atoms with E-state index in [0.717, 1.165) is 18.4 Å². The largest absolute Gasteiger partial charge is 0.444 e. The molecule has 1 unspecified atom stereocenters. The van der Waals surface area contributed by atoms with Crippen molar-refractivity contribution >= 4 is 17.9 Å². The minimum atomic E-state index is -0.805. The molecule has 174 valence electrons. The van der Waals surface area contributed by atoms with Gasteiger partial charge in [0.15, 0.2) is 0 Å². The average Bonchev–Trinajstić information content (AvgIpc) is 2.69. The van der Waals surface area contributed by atoms with Crippen molar-refractivity contribution < 1.29 is 19.1 Å². The molecule has 0 aliphatic heterocycles. The Labute approximate surface area is 186 Å². The van der Waals surface area contributed by atoms with Crippen LogP contribution in [0, 0.1) is 0 Å². The number of nitrogens with zero attached hydrogens (tertiary/aromatic N) is 1. The lowest BCUT2D eigenvalue weighted by Crippen LogP contribution is -2.56. The maximum atomic E-state index is 13.3. The lowest BCUT2D eigenvalue weighted by Gasteiger charge is -2.43. The van der Waals surface area contributed by atoms with Gasteiger partial charge in [-0.1, -0.05) is 50.6 Å². The van der Waals surface area contributed by atoms with Crippen LogP contribution in [0.15, 0.2) is 30.3 Å². The molecule has 0 heterocycles. The van der Waals surface area contributed by atoms with Gasteiger partial charge in [0.05, 0.1) is 0 Å². The highest BCUT2D eigenvalue weighted by molar-refractivity contribution is 5.91. The van der Waals surface area contributed by atoms with Gasteiger partial charge in [-0.05, 0) is 53.0 Å². The number of carbonyl (C=O) groups excluding carboxylic acids is 3. The zero-order valence-electron chi connectivity index (χ0n) is 20.1. The van der Waals surface area contributed by atoms with Gasteiger partial charge in [0, 0.05) is 12.1 Å². The summed E-state index contributed by atoms with van der Waals surface area (Å²) in [5.41, 5.74) is -0.556. The third kappa shape index (κ3) is 8.59. The molecular formula is C24H39N3O4. The molecule has 0 spiro atoms. The Morgan fingerprint density at radius 1 is 1.00 bits per heavy atom. The summed E-state index contributed by atoms with van der Waals surface area (Å²) >= 11 is 0. The molecular weight excluding hydrogens is 394 g/mol. The predicted molar refractivity (Wildman–Crippen MR) is 123 cm³/mol. The molecule has 1 aromatic rings. The van der Waals surface area contributed by atoms with E-state index in [9.17, 15) is 14.4 Å². The fraction of sp³-hybridized carbons (Fsp3) is 0.625. The number of nitrogens with one attached hydrogen (secondary N) is 2. The second-order valence-electron chi connectivity index (χ2n) is 9.24. The van der Waals surface area contributed by atoms with E-state index in [4.69, 9.17) is 4.74 Å². The maximum absolute atomic E-state index is 13.3. The summed E-state index contributed by atoms with van der Waals surface area (Å²) in [6, 6.07) is 8.46. The molecule has 1 aromatic carbocycles. The number of hydrogen-bond acceptors (Lipinski definition) is 4. The Hall–Kier alpha value is -2.57. The summed E-state index contributed by atoms with van der Waals surface area (Å²) < 4.78 is 5.24. The van der Waals surface area contributed by atoms with Gasteiger partial charge in [-0.25, -0.2) is 4.79 Å². The number of unbranched alkanes of at least 4 members (excludes halogenated alkanes) is 1. The van der Waals surface area contributed by atoms with Crippen molar-refractivity contribution in [3.05, 3.63) is 35.9 Å². The minimum Gasteiger partial charge on any atom is -0.444 e. The van der Waals surface area contributed by atoms with Crippen molar-refractivity contribution in [2.45, 2.75) is 84.9 Å². The lowest BCUT2D eigenvalue weighted by atomic mass is 9.93. The van der Waals surface area contributed by atoms with E-state index in [1.807, 2.05) is 51.1 Å². The van der Waals surface area contributed by atoms with Crippen molar-refractivity contribution in [2.75, 3.05) is 13.1 Å². The molecule has 0 saturated heterocycles. The zero-order valence-corrected chi connectivity index (χ0v) is 20.1. The van der Waals surface area contributed by atoms with E-state index >= 15 is 0 Å². The number of carbonyl (C=O) groups is 3. The first-order valence-corrected chi connectivity index (χ1v) is 11.0. The minimum absolute atomic E-state index is 0.230. The van der Waals surface area contributed by atoms with Crippen molar-refractivity contribution in [1.82, 2.24) is 15.5 Å². The van der Waals surface area contributed by atoms with Crippen LogP contribution < -0.4 is 10.6 Å². The maximum Gasteiger partial charge on any atom is 0.408 e. The molecule has 1 atom stereocenters. The standard InChI is InChI=1S/C24H39N3O4/c1-8-10-16-25-21(29)20(18-14-12-11-13-15-18)27(24(6,7)9-2)19(28)17-26-22(30)31-23(3,4)5/h11-15,20H,8-10,16-17H2,1-7H3,(H,25,29)(H,26,30). The van der Waals surface area contributed by atoms with E-state index in [0.29, 0.717) is 13.0 Å². The molecule has 0 aromatic heterocycles. The van der Waals surface area contributed by atoms with Gasteiger partial charge in [-0.2, -0.15) is 0 Å². The molecule has 7 heteroatoms. The first-order chi connectivity index (χ1) is 14.4. The van der Waals surface area contributed by atoms with E-state index in [1.165, 1.54) is 0 Å². The van der Waals surface area contributed by atoms with Crippen LogP contribution in [0.2, 0.25) is 0 Å². The molecule has 0 aliphatic rings. The summed E-state index contributed by atoms with van der Waals surface area (Å²) in [4.78, 5) is 40.2. The molecule has 0 radical (unpaired) electrons. The smallest absolute Gasteiger partial charge is 0.408 e. The van der Waals surface area contributed by atoms with E-state index in [1.54, 1.807) is 25.7 Å². The first kappa shape index (κ1) is 26.5. The molecule has 1 rings (SSSR count). The van der Waals surface area contributed by atoms with E-state index in [-0.39, 0.29) is 18.4 Å². The van der Waals surface area contributed by atoms with Crippen LogP contribution in [0.4, 0.5) is 4.79 Å². The quantitative estimate of drug-likeness (QED) is 0.542. The van der Waals surface area contributed by atoms with Crippen LogP contribution in [0.25, 0.3) is 0 Å². The van der Waals surface area contributed by atoms with Crippen molar-refractivity contribution in [1.29, 1.82) is 0 Å². The van der Waals surface area contributed by atoms with Crippen molar-refractivity contribution in [3.63, 3.8) is 0 Å². The Kier molecular flexibility index (Phi) is 10.0. The number of amides is 3. The second-order valence-corrected chi connectivity index (χ2v) is 9.24. The number of hydrogen-bond donors (Lipinski definition) is 2. The van der Waals surface area contributed by atoms with Gasteiger partial charge in [0.1, 0.15) is 18.2 Å². The monoisotopic (exact) mass is 433 g/mol. The molecule has 2 N–H and O–H groups in total. The third-order valence-corrected chi connectivity index (χ3v) is 5.02. The summed E-state index contributed by atoms with van der Waals surface area (Å²) in [6.07, 6.45) is 1.79. The number of ether oxygens (including phenoxy) is 1. The average molecular weight is 434 g/mol. The molecule has 0 fully saturated rings. The third-order valence-electron chi connectivity index (χ3n) is 5.02. The summed E-state index contributed by atoms with van der Waals surface area (Å²) in [5, 5.41) is 5.49. The number of alkyl carbamates (subject to hydrolysis) is 1. The summed E-state index contributed by atoms with van der Waals surface area (Å²) in [6.45, 7) is 13.4. The lowest BCUT2D eigenvalue weighted by molar-refractivity contribution is -0.146. The Balaban J connectivity index is 3.21. The van der Waals surface area contributed by atoms with Gasteiger partial charge in [-0.15, -0.1) is 0 Å². The molecule has 31 heavy (non-hydrogen) atoms. The van der Waals surface area contributed by atoms with Crippen molar-refractivity contribution in [3.8, 4) is 0 Å². The van der Waals surface area contributed by atoms with E-state index < -0.39 is 23.3 Å². The van der Waals surface area contributed by atoms with Gasteiger partial charge in [0.25, 0.3) is 0 Å². The van der Waals surface area contributed by atoms with Crippen LogP contribution in [0.3, 0.4) is 0 Å². The Morgan fingerprint density at radius 2 is 1.61 bits per heavy atom. The highest BCUT2D eigenvalue weighted by Crippen LogP contribution is 2.31. The van der Waals surface area contributed by atoms with Crippen LogP contribution in [0.5, 0.6) is 0 Å². The molecule has 0 saturated carbocycles. The SMILES string of the molecule is CCCCNC(=O)C(c1ccccc1)N(C(=O)CNC(=O)OC(C)(C)C)C(C)(C)CC. The molecule has 0 bridgehead atoms. The van der Waals surface area contributed by atoms with Crippen LogP contribution in [-0.2, 0) is 14.3 Å². The molecule has 3 amide bonds.